The van der Waals surface area contributed by atoms with Gasteiger partial charge in [-0.25, -0.2) is 0 Å². The van der Waals surface area contributed by atoms with E-state index in [0.29, 0.717) is 23.6 Å². The summed E-state index contributed by atoms with van der Waals surface area (Å²) in [7, 11) is 3.02. The second kappa shape index (κ2) is 5.73. The van der Waals surface area contributed by atoms with Gasteiger partial charge in [0.1, 0.15) is 17.1 Å². The molecule has 0 saturated heterocycles. The molecule has 0 unspecified atom stereocenters. The molecule has 0 saturated carbocycles. The molecule has 0 aromatic heterocycles. The molecule has 1 aromatic rings. The number of rotatable bonds is 5. The van der Waals surface area contributed by atoms with E-state index >= 15 is 0 Å². The summed E-state index contributed by atoms with van der Waals surface area (Å²) < 4.78 is 10.3. The standard InChI is InChI=1S/C13H20N2O3/c1-13(2,14)8-15-12(16)11-9(17-3)6-5-7-10(11)18-4/h5-7H,8,14H2,1-4H3,(H,15,16). The Balaban J connectivity index is 2.96. The number of carbonyl (C=O) groups is 1. The van der Waals surface area contributed by atoms with Gasteiger partial charge >= 0.3 is 0 Å². The van der Waals surface area contributed by atoms with E-state index in [1.165, 1.54) is 14.2 Å². The van der Waals surface area contributed by atoms with Crippen molar-refractivity contribution in [3.8, 4) is 11.5 Å². The van der Waals surface area contributed by atoms with Crippen LogP contribution in [0.15, 0.2) is 18.2 Å². The summed E-state index contributed by atoms with van der Waals surface area (Å²) in [5, 5.41) is 2.76. The third-order valence-corrected chi connectivity index (χ3v) is 2.36. The Morgan fingerprint density at radius 2 is 1.78 bits per heavy atom. The van der Waals surface area contributed by atoms with Crippen LogP contribution in [0, 0.1) is 0 Å². The molecule has 0 radical (unpaired) electrons. The van der Waals surface area contributed by atoms with E-state index in [9.17, 15) is 4.79 Å². The Kier molecular flexibility index (Phi) is 4.55. The number of hydrogen-bond donors (Lipinski definition) is 2. The largest absolute Gasteiger partial charge is 0.496 e. The van der Waals surface area contributed by atoms with Crippen LogP contribution in [-0.2, 0) is 0 Å². The number of amides is 1. The van der Waals surface area contributed by atoms with Gasteiger partial charge in [0, 0.05) is 12.1 Å². The number of ether oxygens (including phenoxy) is 2. The van der Waals surface area contributed by atoms with Gasteiger partial charge in [-0.15, -0.1) is 0 Å². The zero-order chi connectivity index (χ0) is 13.8. The molecule has 0 bridgehead atoms. The van der Waals surface area contributed by atoms with Crippen molar-refractivity contribution in [2.45, 2.75) is 19.4 Å². The van der Waals surface area contributed by atoms with Gasteiger partial charge in [0.25, 0.3) is 5.91 Å². The van der Waals surface area contributed by atoms with Crippen LogP contribution in [0.4, 0.5) is 0 Å². The molecule has 5 nitrogen and oxygen atoms in total. The first-order chi connectivity index (χ1) is 8.39. The molecular weight excluding hydrogens is 232 g/mol. The Labute approximate surface area is 107 Å². The summed E-state index contributed by atoms with van der Waals surface area (Å²) in [6.07, 6.45) is 0. The van der Waals surface area contributed by atoms with Gasteiger partial charge in [0.15, 0.2) is 0 Å². The number of benzene rings is 1. The highest BCUT2D eigenvalue weighted by Crippen LogP contribution is 2.27. The van der Waals surface area contributed by atoms with Crippen LogP contribution in [0.2, 0.25) is 0 Å². The van der Waals surface area contributed by atoms with Crippen molar-refractivity contribution in [3.05, 3.63) is 23.8 Å². The average Bonchev–Trinajstić information content (AvgIpc) is 2.33. The van der Waals surface area contributed by atoms with E-state index in [1.54, 1.807) is 18.2 Å². The van der Waals surface area contributed by atoms with Crippen LogP contribution >= 0.6 is 0 Å². The van der Waals surface area contributed by atoms with Gasteiger partial charge in [-0.05, 0) is 26.0 Å². The van der Waals surface area contributed by atoms with Crippen molar-refractivity contribution in [2.75, 3.05) is 20.8 Å². The third-order valence-electron chi connectivity index (χ3n) is 2.36. The maximum Gasteiger partial charge on any atom is 0.258 e. The molecule has 0 aliphatic rings. The molecule has 1 aromatic carbocycles. The number of nitrogens with two attached hydrogens (primary N) is 1. The lowest BCUT2D eigenvalue weighted by atomic mass is 10.1. The molecule has 0 atom stereocenters. The second-order valence-electron chi connectivity index (χ2n) is 4.71. The first-order valence-corrected chi connectivity index (χ1v) is 5.67. The molecule has 18 heavy (non-hydrogen) atoms. The Hall–Kier alpha value is -1.75. The highest BCUT2D eigenvalue weighted by Gasteiger charge is 2.20. The molecule has 0 aliphatic heterocycles. The number of carbonyl (C=O) groups excluding carboxylic acids is 1. The highest BCUT2D eigenvalue weighted by atomic mass is 16.5. The Bertz CT molecular complexity index is 402. The van der Waals surface area contributed by atoms with Crippen LogP contribution < -0.4 is 20.5 Å². The van der Waals surface area contributed by atoms with E-state index in [4.69, 9.17) is 15.2 Å². The predicted octanol–water partition coefficient (Wildman–Crippen LogP) is 1.17. The van der Waals surface area contributed by atoms with Crippen molar-refractivity contribution >= 4 is 5.91 Å². The predicted molar refractivity (Wildman–Crippen MR) is 70.1 cm³/mol. The number of hydrogen-bond acceptors (Lipinski definition) is 4. The summed E-state index contributed by atoms with van der Waals surface area (Å²) >= 11 is 0. The fraction of sp³-hybridized carbons (Fsp3) is 0.462. The van der Waals surface area contributed by atoms with Crippen molar-refractivity contribution in [3.63, 3.8) is 0 Å². The molecule has 0 aliphatic carbocycles. The van der Waals surface area contributed by atoms with Crippen molar-refractivity contribution in [2.24, 2.45) is 5.73 Å². The third kappa shape index (κ3) is 3.63. The van der Waals surface area contributed by atoms with Crippen molar-refractivity contribution in [1.29, 1.82) is 0 Å². The first-order valence-electron chi connectivity index (χ1n) is 5.67. The van der Waals surface area contributed by atoms with Gasteiger partial charge in [-0.3, -0.25) is 4.79 Å². The molecule has 0 fully saturated rings. The second-order valence-corrected chi connectivity index (χ2v) is 4.71. The zero-order valence-corrected chi connectivity index (χ0v) is 11.2. The van der Waals surface area contributed by atoms with E-state index < -0.39 is 5.54 Å². The summed E-state index contributed by atoms with van der Waals surface area (Å²) in [5.74, 6) is 0.686. The van der Waals surface area contributed by atoms with Gasteiger partial charge in [0.05, 0.1) is 14.2 Å². The smallest absolute Gasteiger partial charge is 0.258 e. The molecule has 100 valence electrons. The number of methoxy groups -OCH3 is 2. The van der Waals surface area contributed by atoms with Gasteiger partial charge in [-0.2, -0.15) is 0 Å². The molecular formula is C13H20N2O3. The highest BCUT2D eigenvalue weighted by molar-refractivity contribution is 5.99. The molecule has 1 amide bonds. The van der Waals surface area contributed by atoms with Crippen LogP contribution in [0.1, 0.15) is 24.2 Å². The van der Waals surface area contributed by atoms with Crippen LogP contribution in [0.5, 0.6) is 11.5 Å². The summed E-state index contributed by atoms with van der Waals surface area (Å²) in [6.45, 7) is 4.05. The maximum atomic E-state index is 12.1. The summed E-state index contributed by atoms with van der Waals surface area (Å²) in [5.41, 5.74) is 5.74. The quantitative estimate of drug-likeness (QED) is 0.825. The normalized spacial score (nSPS) is 10.9. The van der Waals surface area contributed by atoms with Crippen LogP contribution in [0.3, 0.4) is 0 Å². The maximum absolute atomic E-state index is 12.1. The van der Waals surface area contributed by atoms with Gasteiger partial charge in [-0.1, -0.05) is 6.07 Å². The molecule has 3 N–H and O–H groups in total. The van der Waals surface area contributed by atoms with Gasteiger partial charge < -0.3 is 20.5 Å². The van der Waals surface area contributed by atoms with Crippen molar-refractivity contribution < 1.29 is 14.3 Å². The SMILES string of the molecule is COc1cccc(OC)c1C(=O)NCC(C)(C)N. The molecule has 0 heterocycles. The molecule has 1 rings (SSSR count). The molecule has 5 heteroatoms. The van der Waals surface area contributed by atoms with Crippen LogP contribution in [0.25, 0.3) is 0 Å². The minimum absolute atomic E-state index is 0.261. The van der Waals surface area contributed by atoms with E-state index in [0.717, 1.165) is 0 Å². The fourth-order valence-corrected chi connectivity index (χ4v) is 1.47. The Morgan fingerprint density at radius 1 is 1.28 bits per heavy atom. The van der Waals surface area contributed by atoms with E-state index in [2.05, 4.69) is 5.32 Å². The first kappa shape index (κ1) is 14.3. The lowest BCUT2D eigenvalue weighted by molar-refractivity contribution is 0.0940. The fourth-order valence-electron chi connectivity index (χ4n) is 1.47. The average molecular weight is 252 g/mol. The van der Waals surface area contributed by atoms with E-state index in [1.807, 2.05) is 13.8 Å². The minimum atomic E-state index is -0.467. The monoisotopic (exact) mass is 252 g/mol. The lowest BCUT2D eigenvalue weighted by Gasteiger charge is -2.20. The van der Waals surface area contributed by atoms with E-state index in [-0.39, 0.29) is 5.91 Å². The Morgan fingerprint density at radius 3 is 2.17 bits per heavy atom. The van der Waals surface area contributed by atoms with Crippen LogP contribution in [-0.4, -0.2) is 32.2 Å². The lowest BCUT2D eigenvalue weighted by Crippen LogP contribution is -2.45. The summed E-state index contributed by atoms with van der Waals surface area (Å²) in [6, 6.07) is 5.19. The zero-order valence-electron chi connectivity index (χ0n) is 11.2. The number of nitrogens with one attached hydrogen (secondary N) is 1. The topological polar surface area (TPSA) is 73.6 Å². The van der Waals surface area contributed by atoms with Gasteiger partial charge in [0.2, 0.25) is 0 Å². The summed E-state index contributed by atoms with van der Waals surface area (Å²) in [4.78, 5) is 12.1. The minimum Gasteiger partial charge on any atom is -0.496 e. The van der Waals surface area contributed by atoms with Crippen molar-refractivity contribution in [1.82, 2.24) is 5.32 Å². The molecule has 0 spiro atoms.